The largest absolute Gasteiger partial charge is 0.481 e. The lowest BCUT2D eigenvalue weighted by atomic mass is 9.68. The van der Waals surface area contributed by atoms with Crippen LogP contribution < -0.4 is 0 Å². The van der Waals surface area contributed by atoms with E-state index in [-0.39, 0.29) is 17.8 Å². The number of aliphatic carboxylic acids is 1. The molecule has 1 aliphatic rings. The van der Waals surface area contributed by atoms with Gasteiger partial charge >= 0.3 is 5.97 Å². The average Bonchev–Trinajstić information content (AvgIpc) is 1.99. The molecule has 1 atom stereocenters. The molecule has 1 rings (SSSR count). The maximum Gasteiger partial charge on any atom is 0.303 e. The minimum Gasteiger partial charge on any atom is -0.481 e. The van der Waals surface area contributed by atoms with Crippen molar-refractivity contribution in [1.29, 1.82) is 0 Å². The second kappa shape index (κ2) is 4.10. The molecule has 0 fully saturated rings. The Morgan fingerprint density at radius 1 is 1.67 bits per heavy atom. The van der Waals surface area contributed by atoms with Crippen molar-refractivity contribution in [2.45, 2.75) is 40.0 Å². The van der Waals surface area contributed by atoms with E-state index >= 15 is 0 Å². The zero-order valence-electron chi connectivity index (χ0n) is 9.63. The predicted octanol–water partition coefficient (Wildman–Crippen LogP) is 2.85. The maximum absolute atomic E-state index is 10.7. The van der Waals surface area contributed by atoms with Crippen LogP contribution in [0.4, 0.5) is 0 Å². The topological polar surface area (TPSA) is 37.3 Å². The minimum atomic E-state index is -0.715. The third-order valence-electron chi connectivity index (χ3n) is 3.11. The van der Waals surface area contributed by atoms with Crippen LogP contribution in [-0.2, 0) is 4.79 Å². The van der Waals surface area contributed by atoms with Crippen molar-refractivity contribution in [3.05, 3.63) is 11.1 Å². The number of hydrogen-bond donors (Lipinski definition) is 1. The number of rotatable bonds is 2. The van der Waals surface area contributed by atoms with E-state index in [4.69, 9.17) is 11.5 Å². The van der Waals surface area contributed by atoms with Crippen molar-refractivity contribution >= 4 is 5.97 Å². The minimum absolute atomic E-state index is 0.0444. The lowest BCUT2D eigenvalue weighted by Gasteiger charge is -2.36. The molecular weight excluding hydrogens is 188 g/mol. The van der Waals surface area contributed by atoms with Gasteiger partial charge in [0, 0.05) is 12.0 Å². The van der Waals surface area contributed by atoms with E-state index in [0.29, 0.717) is 0 Å². The molecule has 0 aromatic carbocycles. The van der Waals surface area contributed by atoms with Crippen LogP contribution in [-0.4, -0.2) is 11.1 Å². The first kappa shape index (κ1) is 11.8. The molecule has 82 valence electrons. The number of hydrogen-bond acceptors (Lipinski definition) is 1. The standard InChI is InChI=1S/C13H18O2/c1-5-11-9(2)6-10(7-12(14)15)8-13(11,3)4/h1,10H,6-8H2,2-4H3,(H,14,15)/t10-/m0/s1. The highest BCUT2D eigenvalue weighted by atomic mass is 16.4. The van der Waals surface area contributed by atoms with E-state index in [1.54, 1.807) is 0 Å². The number of allylic oxidation sites excluding steroid dienone is 2. The van der Waals surface area contributed by atoms with Gasteiger partial charge in [-0.05, 0) is 31.1 Å². The molecule has 0 aromatic heterocycles. The Labute approximate surface area is 91.4 Å². The first-order valence-corrected chi connectivity index (χ1v) is 5.25. The van der Waals surface area contributed by atoms with Crippen LogP contribution in [0.2, 0.25) is 0 Å². The monoisotopic (exact) mass is 206 g/mol. The summed E-state index contributed by atoms with van der Waals surface area (Å²) in [4.78, 5) is 10.7. The van der Waals surface area contributed by atoms with Crippen molar-refractivity contribution in [1.82, 2.24) is 0 Å². The lowest BCUT2D eigenvalue weighted by Crippen LogP contribution is -2.26. The number of terminal acetylenes is 1. The fourth-order valence-corrected chi connectivity index (χ4v) is 2.72. The Morgan fingerprint density at radius 2 is 2.27 bits per heavy atom. The number of carbonyl (C=O) groups is 1. The molecule has 0 aliphatic heterocycles. The van der Waals surface area contributed by atoms with Crippen molar-refractivity contribution in [2.24, 2.45) is 11.3 Å². The van der Waals surface area contributed by atoms with Crippen LogP contribution >= 0.6 is 0 Å². The Morgan fingerprint density at radius 3 is 2.67 bits per heavy atom. The van der Waals surface area contributed by atoms with Crippen LogP contribution in [0, 0.1) is 23.7 Å². The van der Waals surface area contributed by atoms with Crippen LogP contribution in [0.25, 0.3) is 0 Å². The normalized spacial score (nSPS) is 24.8. The summed E-state index contributed by atoms with van der Waals surface area (Å²) in [6.45, 7) is 6.21. The zero-order chi connectivity index (χ0) is 11.6. The van der Waals surface area contributed by atoms with E-state index < -0.39 is 5.97 Å². The maximum atomic E-state index is 10.7. The molecule has 0 saturated heterocycles. The smallest absolute Gasteiger partial charge is 0.303 e. The van der Waals surface area contributed by atoms with Gasteiger partial charge in [-0.2, -0.15) is 0 Å². The van der Waals surface area contributed by atoms with E-state index in [9.17, 15) is 4.79 Å². The SMILES string of the molecule is C#CC1=C(C)C[C@@H](CC(=O)O)CC1(C)C. The van der Waals surface area contributed by atoms with E-state index in [1.807, 2.05) is 6.92 Å². The van der Waals surface area contributed by atoms with Gasteiger partial charge in [-0.25, -0.2) is 0 Å². The van der Waals surface area contributed by atoms with Gasteiger partial charge in [0.2, 0.25) is 0 Å². The van der Waals surface area contributed by atoms with Gasteiger partial charge in [-0.1, -0.05) is 25.3 Å². The van der Waals surface area contributed by atoms with Crippen molar-refractivity contribution < 1.29 is 9.90 Å². The molecule has 0 aromatic rings. The Balaban J connectivity index is 2.90. The van der Waals surface area contributed by atoms with Crippen molar-refractivity contribution in [3.8, 4) is 12.3 Å². The van der Waals surface area contributed by atoms with Crippen LogP contribution in [0.5, 0.6) is 0 Å². The van der Waals surface area contributed by atoms with E-state index in [2.05, 4.69) is 19.8 Å². The second-order valence-electron chi connectivity index (χ2n) is 5.06. The summed E-state index contributed by atoms with van der Waals surface area (Å²) < 4.78 is 0. The van der Waals surface area contributed by atoms with Gasteiger partial charge in [0.05, 0.1) is 0 Å². The van der Waals surface area contributed by atoms with Gasteiger partial charge in [-0.15, -0.1) is 6.42 Å². The van der Waals surface area contributed by atoms with Gasteiger partial charge in [-0.3, -0.25) is 4.79 Å². The van der Waals surface area contributed by atoms with Gasteiger partial charge < -0.3 is 5.11 Å². The summed E-state index contributed by atoms with van der Waals surface area (Å²) in [6.07, 6.45) is 7.44. The van der Waals surface area contributed by atoms with Crippen molar-refractivity contribution in [3.63, 3.8) is 0 Å². The van der Waals surface area contributed by atoms with Gasteiger partial charge in [0.25, 0.3) is 0 Å². The summed E-state index contributed by atoms with van der Waals surface area (Å²) in [5.74, 6) is 2.27. The third-order valence-corrected chi connectivity index (χ3v) is 3.11. The molecule has 15 heavy (non-hydrogen) atoms. The fraction of sp³-hybridized carbons (Fsp3) is 0.615. The van der Waals surface area contributed by atoms with Gasteiger partial charge in [0.1, 0.15) is 0 Å². The highest BCUT2D eigenvalue weighted by molar-refractivity contribution is 5.67. The summed E-state index contributed by atoms with van der Waals surface area (Å²) in [6, 6.07) is 0. The molecule has 0 saturated carbocycles. The lowest BCUT2D eigenvalue weighted by molar-refractivity contribution is -0.138. The molecular formula is C13H18O2. The quantitative estimate of drug-likeness (QED) is 0.705. The summed E-state index contributed by atoms with van der Waals surface area (Å²) in [7, 11) is 0. The molecule has 0 heterocycles. The molecule has 1 N–H and O–H groups in total. The fourth-order valence-electron chi connectivity index (χ4n) is 2.72. The highest BCUT2D eigenvalue weighted by Crippen LogP contribution is 2.43. The van der Waals surface area contributed by atoms with Crippen LogP contribution in [0.3, 0.4) is 0 Å². The molecule has 0 unspecified atom stereocenters. The second-order valence-corrected chi connectivity index (χ2v) is 5.06. The Hall–Kier alpha value is -1.23. The average molecular weight is 206 g/mol. The van der Waals surface area contributed by atoms with Crippen LogP contribution in [0.1, 0.15) is 40.0 Å². The number of carboxylic acids is 1. The van der Waals surface area contributed by atoms with Crippen molar-refractivity contribution in [2.75, 3.05) is 0 Å². The first-order valence-electron chi connectivity index (χ1n) is 5.25. The number of carboxylic acid groups (broad SMARTS) is 1. The third kappa shape index (κ3) is 2.62. The summed E-state index contributed by atoms with van der Waals surface area (Å²) >= 11 is 0. The molecule has 0 amide bonds. The predicted molar refractivity (Wildman–Crippen MR) is 60.3 cm³/mol. The highest BCUT2D eigenvalue weighted by Gasteiger charge is 2.33. The van der Waals surface area contributed by atoms with E-state index in [1.165, 1.54) is 5.57 Å². The van der Waals surface area contributed by atoms with Crippen LogP contribution in [0.15, 0.2) is 11.1 Å². The molecule has 2 nitrogen and oxygen atoms in total. The molecule has 0 radical (unpaired) electrons. The zero-order valence-corrected chi connectivity index (χ0v) is 9.63. The Kier molecular flexibility index (Phi) is 3.24. The summed E-state index contributed by atoms with van der Waals surface area (Å²) in [5.41, 5.74) is 2.20. The molecule has 0 bridgehead atoms. The molecule has 0 spiro atoms. The van der Waals surface area contributed by atoms with Gasteiger partial charge in [0.15, 0.2) is 0 Å². The van der Waals surface area contributed by atoms with E-state index in [0.717, 1.165) is 18.4 Å². The molecule has 2 heteroatoms. The Bertz CT molecular complexity index is 342. The summed E-state index contributed by atoms with van der Waals surface area (Å²) in [5, 5.41) is 8.79. The molecule has 1 aliphatic carbocycles. The first-order chi connectivity index (χ1) is 6.86.